The standard InChI is InChI=1S/C40H45F3N4O4/c1-25-7-9-27(10-8-25)19-20-47(30-15-16-30)40(50)37-31(22-29-23-46(24-34(37)45-29)36(49)6-2-5-35(44)48)28-13-11-26(12-14-28)4-3-21-51-39-33(42)18-17-32(41)38(39)43/h7-14,17-18,29-30,34,45H,2-6,15-16,19-24H2,1H3,(H2,44,48)/t29?,34-/m1/s1. The van der Waals surface area contributed by atoms with Gasteiger partial charge in [0.2, 0.25) is 17.6 Å². The maximum Gasteiger partial charge on any atom is 0.252 e. The number of nitrogens with one attached hydrogen (secondary N) is 1. The highest BCUT2D eigenvalue weighted by molar-refractivity contribution is 6.03. The SMILES string of the molecule is Cc1ccc(CCN(C(=O)C2=C(c3ccc(CCCOc4c(F)ccc(F)c4F)cc3)CC3CN(C(=O)CCCC(N)=O)C[C@H]2N3)C2CC2)cc1. The highest BCUT2D eigenvalue weighted by Gasteiger charge is 2.43. The smallest absolute Gasteiger partial charge is 0.252 e. The molecule has 3 amide bonds. The lowest BCUT2D eigenvalue weighted by Gasteiger charge is -2.45. The number of hydrogen-bond donors (Lipinski definition) is 2. The van der Waals surface area contributed by atoms with E-state index in [0.717, 1.165) is 48.1 Å². The number of carbonyl (C=O) groups excluding carboxylic acids is 3. The molecule has 1 unspecified atom stereocenters. The molecule has 1 saturated carbocycles. The van der Waals surface area contributed by atoms with E-state index in [-0.39, 0.29) is 49.4 Å². The van der Waals surface area contributed by atoms with Crippen molar-refractivity contribution in [2.45, 2.75) is 82.8 Å². The van der Waals surface area contributed by atoms with Gasteiger partial charge in [0.05, 0.1) is 12.6 Å². The second kappa shape index (κ2) is 16.1. The van der Waals surface area contributed by atoms with Crippen molar-refractivity contribution in [3.63, 3.8) is 0 Å². The van der Waals surface area contributed by atoms with Crippen molar-refractivity contribution in [2.75, 3.05) is 26.2 Å². The summed E-state index contributed by atoms with van der Waals surface area (Å²) in [5, 5.41) is 3.64. The fraction of sp³-hybridized carbons (Fsp3) is 0.425. The molecule has 2 fully saturated rings. The molecule has 0 spiro atoms. The minimum absolute atomic E-state index is 0.00312. The molecule has 0 aromatic heterocycles. The zero-order valence-corrected chi connectivity index (χ0v) is 28.9. The Morgan fingerprint density at radius 3 is 2.27 bits per heavy atom. The maximum atomic E-state index is 14.7. The summed E-state index contributed by atoms with van der Waals surface area (Å²) in [6.45, 7) is 3.52. The number of hydrogen-bond acceptors (Lipinski definition) is 5. The second-order valence-electron chi connectivity index (χ2n) is 13.9. The van der Waals surface area contributed by atoms with Crippen LogP contribution in [-0.4, -0.2) is 71.9 Å². The molecule has 2 bridgehead atoms. The van der Waals surface area contributed by atoms with E-state index < -0.39 is 29.1 Å². The molecule has 1 saturated heterocycles. The molecule has 3 aliphatic rings. The highest BCUT2D eigenvalue weighted by Crippen LogP contribution is 2.37. The highest BCUT2D eigenvalue weighted by atomic mass is 19.2. The normalized spacial score (nSPS) is 18.5. The van der Waals surface area contributed by atoms with Crippen molar-refractivity contribution in [1.29, 1.82) is 0 Å². The van der Waals surface area contributed by atoms with Gasteiger partial charge in [-0.3, -0.25) is 14.4 Å². The molecule has 2 aliphatic heterocycles. The molecule has 3 aromatic rings. The van der Waals surface area contributed by atoms with Crippen LogP contribution in [-0.2, 0) is 27.2 Å². The molecule has 8 nitrogen and oxygen atoms in total. The minimum atomic E-state index is -1.34. The Morgan fingerprint density at radius 1 is 0.882 bits per heavy atom. The zero-order valence-electron chi connectivity index (χ0n) is 28.9. The Kier molecular flexibility index (Phi) is 11.4. The summed E-state index contributed by atoms with van der Waals surface area (Å²) in [7, 11) is 0. The first-order valence-electron chi connectivity index (χ1n) is 17.8. The third kappa shape index (κ3) is 9.00. The van der Waals surface area contributed by atoms with Gasteiger partial charge in [-0.15, -0.1) is 0 Å². The quantitative estimate of drug-likeness (QED) is 0.158. The first kappa shape index (κ1) is 36.2. The van der Waals surface area contributed by atoms with Gasteiger partial charge in [-0.1, -0.05) is 54.1 Å². The van der Waals surface area contributed by atoms with Crippen LogP contribution < -0.4 is 15.8 Å². The van der Waals surface area contributed by atoms with E-state index in [0.29, 0.717) is 50.9 Å². The number of rotatable bonds is 15. The molecule has 3 aromatic carbocycles. The molecule has 3 N–H and O–H groups in total. The van der Waals surface area contributed by atoms with Gasteiger partial charge in [-0.25, -0.2) is 8.78 Å². The van der Waals surface area contributed by atoms with Crippen molar-refractivity contribution < 1.29 is 32.3 Å². The van der Waals surface area contributed by atoms with E-state index in [4.69, 9.17) is 10.5 Å². The van der Waals surface area contributed by atoms with Crippen LogP contribution in [0.3, 0.4) is 0 Å². The van der Waals surface area contributed by atoms with Gasteiger partial charge in [0.25, 0.3) is 5.91 Å². The van der Waals surface area contributed by atoms with E-state index in [9.17, 15) is 27.6 Å². The van der Waals surface area contributed by atoms with Gasteiger partial charge in [0.1, 0.15) is 0 Å². The van der Waals surface area contributed by atoms with Gasteiger partial charge in [-0.05, 0) is 86.3 Å². The molecule has 6 rings (SSSR count). The van der Waals surface area contributed by atoms with E-state index in [1.165, 1.54) is 11.1 Å². The molecule has 270 valence electrons. The monoisotopic (exact) mass is 702 g/mol. The molecule has 11 heteroatoms. The van der Waals surface area contributed by atoms with Crippen molar-refractivity contribution in [1.82, 2.24) is 15.1 Å². The summed E-state index contributed by atoms with van der Waals surface area (Å²) in [6, 6.07) is 17.7. The number of nitrogens with two attached hydrogens (primary N) is 1. The van der Waals surface area contributed by atoms with Crippen LogP contribution in [0.2, 0.25) is 0 Å². The van der Waals surface area contributed by atoms with Gasteiger partial charge in [0.15, 0.2) is 17.4 Å². The number of piperazine rings is 1. The summed E-state index contributed by atoms with van der Waals surface area (Å²) >= 11 is 0. The Morgan fingerprint density at radius 2 is 1.57 bits per heavy atom. The summed E-state index contributed by atoms with van der Waals surface area (Å²) in [5.74, 6) is -4.64. The maximum absolute atomic E-state index is 14.7. The van der Waals surface area contributed by atoms with Crippen LogP contribution in [0, 0.1) is 24.4 Å². The number of primary amides is 1. The Balaban J connectivity index is 1.20. The van der Waals surface area contributed by atoms with Crippen molar-refractivity contribution >= 4 is 23.3 Å². The van der Waals surface area contributed by atoms with Crippen LogP contribution in [0.1, 0.15) is 67.2 Å². The molecule has 1 aliphatic carbocycles. The number of aryl methyl sites for hydroxylation is 2. The predicted molar refractivity (Wildman–Crippen MR) is 188 cm³/mol. The van der Waals surface area contributed by atoms with E-state index in [1.807, 2.05) is 34.1 Å². The van der Waals surface area contributed by atoms with Crippen LogP contribution in [0.15, 0.2) is 66.2 Å². The first-order chi connectivity index (χ1) is 24.6. The molecule has 2 heterocycles. The predicted octanol–water partition coefficient (Wildman–Crippen LogP) is 5.64. The summed E-state index contributed by atoms with van der Waals surface area (Å²) in [6.07, 6.45) is 5.03. The number of halogens is 3. The Hall–Kier alpha value is -4.64. The van der Waals surface area contributed by atoms with Crippen LogP contribution >= 0.6 is 0 Å². The fourth-order valence-electron chi connectivity index (χ4n) is 7.10. The second-order valence-corrected chi connectivity index (χ2v) is 13.9. The first-order valence-corrected chi connectivity index (χ1v) is 17.8. The Bertz CT molecular complexity index is 1780. The van der Waals surface area contributed by atoms with Crippen LogP contribution in [0.25, 0.3) is 5.57 Å². The van der Waals surface area contributed by atoms with Crippen molar-refractivity contribution in [3.05, 3.63) is 106 Å². The lowest BCUT2D eigenvalue weighted by atomic mass is 9.82. The minimum Gasteiger partial charge on any atom is -0.488 e. The van der Waals surface area contributed by atoms with Gasteiger partial charge in [-0.2, -0.15) is 4.39 Å². The zero-order chi connectivity index (χ0) is 36.1. The average Bonchev–Trinajstić information content (AvgIpc) is 3.95. The molecule has 51 heavy (non-hydrogen) atoms. The molecule has 0 radical (unpaired) electrons. The Labute approximate surface area is 296 Å². The van der Waals surface area contributed by atoms with Gasteiger partial charge >= 0.3 is 0 Å². The van der Waals surface area contributed by atoms with E-state index >= 15 is 0 Å². The fourth-order valence-corrected chi connectivity index (χ4v) is 7.10. The number of nitrogens with zero attached hydrogens (tertiary/aromatic N) is 2. The average molecular weight is 703 g/mol. The molecular formula is C40H45F3N4O4. The molecule has 2 atom stereocenters. The third-order valence-electron chi connectivity index (χ3n) is 9.97. The topological polar surface area (TPSA) is 105 Å². The van der Waals surface area contributed by atoms with Gasteiger partial charge in [0, 0.05) is 50.1 Å². The van der Waals surface area contributed by atoms with Crippen LogP contribution in [0.4, 0.5) is 13.2 Å². The number of ether oxygens (including phenoxy) is 1. The van der Waals surface area contributed by atoms with Gasteiger partial charge < -0.3 is 25.6 Å². The summed E-state index contributed by atoms with van der Waals surface area (Å²) in [4.78, 5) is 43.0. The van der Waals surface area contributed by atoms with E-state index in [2.05, 4.69) is 36.5 Å². The lowest BCUT2D eigenvalue weighted by molar-refractivity contribution is -0.134. The van der Waals surface area contributed by atoms with Crippen molar-refractivity contribution in [2.24, 2.45) is 5.73 Å². The third-order valence-corrected chi connectivity index (χ3v) is 9.97. The number of amides is 3. The largest absolute Gasteiger partial charge is 0.488 e. The van der Waals surface area contributed by atoms with E-state index in [1.54, 1.807) is 0 Å². The van der Waals surface area contributed by atoms with Crippen LogP contribution in [0.5, 0.6) is 5.75 Å². The lowest BCUT2D eigenvalue weighted by Crippen LogP contribution is -2.62. The number of carbonyl (C=O) groups is 3. The number of fused-ring (bicyclic) bond motifs is 2. The summed E-state index contributed by atoms with van der Waals surface area (Å²) < 4.78 is 46.7. The van der Waals surface area contributed by atoms with Crippen molar-refractivity contribution in [3.8, 4) is 5.75 Å². The number of benzene rings is 3. The molecular weight excluding hydrogens is 657 g/mol. The summed E-state index contributed by atoms with van der Waals surface area (Å²) in [5.41, 5.74) is 11.2.